The number of piperidine rings is 1. The summed E-state index contributed by atoms with van der Waals surface area (Å²) in [5, 5.41) is 3.43. The molecule has 178 valence electrons. The van der Waals surface area contributed by atoms with E-state index in [1.165, 1.54) is 44.5 Å². The van der Waals surface area contributed by atoms with Gasteiger partial charge in [0.05, 0.1) is 14.2 Å². The zero-order valence-corrected chi connectivity index (χ0v) is 22.5. The fourth-order valence-electron chi connectivity index (χ4n) is 4.03. The first-order valence-corrected chi connectivity index (χ1v) is 11.5. The van der Waals surface area contributed by atoms with Crippen molar-refractivity contribution >= 4 is 29.9 Å². The Balaban J connectivity index is 0.00000480. The van der Waals surface area contributed by atoms with Crippen LogP contribution in [0.1, 0.15) is 45.1 Å². The lowest BCUT2D eigenvalue weighted by molar-refractivity contribution is 0.181. The summed E-state index contributed by atoms with van der Waals surface area (Å²) in [5.74, 6) is 3.39. The average Bonchev–Trinajstić information content (AvgIpc) is 2.76. The van der Waals surface area contributed by atoms with Gasteiger partial charge in [-0.3, -0.25) is 4.99 Å². The van der Waals surface area contributed by atoms with Gasteiger partial charge in [-0.25, -0.2) is 0 Å². The summed E-state index contributed by atoms with van der Waals surface area (Å²) >= 11 is 0. The zero-order valence-electron chi connectivity index (χ0n) is 20.2. The molecule has 1 heterocycles. The maximum Gasteiger partial charge on any atom is 0.193 e. The van der Waals surface area contributed by atoms with Gasteiger partial charge < -0.3 is 24.6 Å². The van der Waals surface area contributed by atoms with Gasteiger partial charge >= 0.3 is 0 Å². The molecule has 1 unspecified atom stereocenters. The minimum absolute atomic E-state index is 0. The average molecular weight is 547 g/mol. The van der Waals surface area contributed by atoms with Crippen LogP contribution in [0.5, 0.6) is 11.5 Å². The van der Waals surface area contributed by atoms with Gasteiger partial charge in [0.25, 0.3) is 0 Å². The van der Waals surface area contributed by atoms with Crippen LogP contribution in [0.25, 0.3) is 0 Å². The van der Waals surface area contributed by atoms with Crippen LogP contribution in [-0.4, -0.2) is 76.3 Å². The first kappa shape index (κ1) is 27.8. The standard InChI is InChI=1S/C24H42N4O2.HI/c1-6-25-24(26-14-7-8-15-28-16-9-10-20(2)19-28)27(3)17-13-21-11-12-22(29-4)23(18-21)30-5;/h11-12,18,20H,6-10,13-17,19H2,1-5H3,(H,25,26);1H. The van der Waals surface area contributed by atoms with E-state index in [2.05, 4.69) is 48.1 Å². The van der Waals surface area contributed by atoms with Crippen molar-refractivity contribution in [2.24, 2.45) is 10.9 Å². The normalized spacial score (nSPS) is 17.1. The van der Waals surface area contributed by atoms with Crippen LogP contribution >= 0.6 is 24.0 Å². The number of rotatable bonds is 11. The van der Waals surface area contributed by atoms with Crippen LogP contribution in [-0.2, 0) is 6.42 Å². The fraction of sp³-hybridized carbons (Fsp3) is 0.708. The number of guanidine groups is 1. The third-order valence-electron chi connectivity index (χ3n) is 5.77. The van der Waals surface area contributed by atoms with Gasteiger partial charge in [0.15, 0.2) is 17.5 Å². The van der Waals surface area contributed by atoms with Gasteiger partial charge in [-0.15, -0.1) is 24.0 Å². The van der Waals surface area contributed by atoms with Crippen LogP contribution in [0.2, 0.25) is 0 Å². The molecule has 0 radical (unpaired) electrons. The molecule has 1 N–H and O–H groups in total. The Labute approximate surface area is 206 Å². The van der Waals surface area contributed by atoms with E-state index in [4.69, 9.17) is 14.5 Å². The number of likely N-dealkylation sites (tertiary alicyclic amines) is 1. The molecule has 0 spiro atoms. The van der Waals surface area contributed by atoms with Crippen molar-refractivity contribution in [2.45, 2.75) is 46.0 Å². The number of methoxy groups -OCH3 is 2. The van der Waals surface area contributed by atoms with Crippen molar-refractivity contribution in [3.63, 3.8) is 0 Å². The van der Waals surface area contributed by atoms with Crippen LogP contribution < -0.4 is 14.8 Å². The maximum atomic E-state index is 5.42. The van der Waals surface area contributed by atoms with Crippen LogP contribution in [0.3, 0.4) is 0 Å². The highest BCUT2D eigenvalue weighted by molar-refractivity contribution is 14.0. The Morgan fingerprint density at radius 2 is 2.00 bits per heavy atom. The SMILES string of the molecule is CCNC(=NCCCCN1CCCC(C)C1)N(C)CCc1ccc(OC)c(OC)c1.I. The molecule has 7 heteroatoms. The molecule has 1 saturated heterocycles. The van der Waals surface area contributed by atoms with Crippen LogP contribution in [0.15, 0.2) is 23.2 Å². The smallest absolute Gasteiger partial charge is 0.193 e. The topological polar surface area (TPSA) is 49.3 Å². The van der Waals surface area contributed by atoms with Crippen molar-refractivity contribution in [3.8, 4) is 11.5 Å². The van der Waals surface area contributed by atoms with Gasteiger partial charge in [0, 0.05) is 33.2 Å². The van der Waals surface area contributed by atoms with E-state index in [-0.39, 0.29) is 24.0 Å². The molecule has 1 aromatic carbocycles. The van der Waals surface area contributed by atoms with Gasteiger partial charge in [0.1, 0.15) is 0 Å². The van der Waals surface area contributed by atoms with E-state index in [1.807, 2.05) is 6.07 Å². The molecule has 1 atom stereocenters. The monoisotopic (exact) mass is 546 g/mol. The Bertz CT molecular complexity index is 656. The molecule has 1 aliphatic rings. The Kier molecular flexibility index (Phi) is 14.0. The number of halogens is 1. The first-order chi connectivity index (χ1) is 14.6. The van der Waals surface area contributed by atoms with Gasteiger partial charge in [-0.1, -0.05) is 13.0 Å². The van der Waals surface area contributed by atoms with Crippen LogP contribution in [0, 0.1) is 5.92 Å². The molecular formula is C24H43IN4O2. The van der Waals surface area contributed by atoms with Crippen molar-refractivity contribution in [3.05, 3.63) is 23.8 Å². The molecule has 0 bridgehead atoms. The molecule has 1 aliphatic heterocycles. The predicted molar refractivity (Wildman–Crippen MR) is 141 cm³/mol. The quantitative estimate of drug-likeness (QED) is 0.195. The second-order valence-electron chi connectivity index (χ2n) is 8.35. The Morgan fingerprint density at radius 3 is 2.68 bits per heavy atom. The summed E-state index contributed by atoms with van der Waals surface area (Å²) in [5.41, 5.74) is 1.23. The molecule has 2 rings (SSSR count). The molecular weight excluding hydrogens is 503 g/mol. The van der Waals surface area contributed by atoms with Gasteiger partial charge in [0.2, 0.25) is 0 Å². The molecule has 1 fully saturated rings. The molecule has 31 heavy (non-hydrogen) atoms. The number of aliphatic imine (C=N–C) groups is 1. The molecule has 6 nitrogen and oxygen atoms in total. The number of nitrogens with zero attached hydrogens (tertiary/aromatic N) is 3. The lowest BCUT2D eigenvalue weighted by Gasteiger charge is -2.30. The number of likely N-dealkylation sites (N-methyl/N-ethyl adjacent to an activating group) is 1. The van der Waals surface area contributed by atoms with Crippen LogP contribution in [0.4, 0.5) is 0 Å². The Hall–Kier alpha value is -1.22. The summed E-state index contributed by atoms with van der Waals surface area (Å²) < 4.78 is 10.7. The number of hydrogen-bond donors (Lipinski definition) is 1. The van der Waals surface area contributed by atoms with E-state index in [0.717, 1.165) is 55.9 Å². The number of ether oxygens (including phenoxy) is 2. The minimum atomic E-state index is 0. The number of nitrogens with one attached hydrogen (secondary N) is 1. The van der Waals surface area contributed by atoms with E-state index < -0.39 is 0 Å². The summed E-state index contributed by atoms with van der Waals surface area (Å²) in [6.07, 6.45) is 6.04. The molecule has 1 aromatic rings. The van der Waals surface area contributed by atoms with E-state index >= 15 is 0 Å². The lowest BCUT2D eigenvalue weighted by Crippen LogP contribution is -2.40. The second-order valence-corrected chi connectivity index (χ2v) is 8.35. The highest BCUT2D eigenvalue weighted by Gasteiger charge is 2.15. The Morgan fingerprint density at radius 1 is 1.23 bits per heavy atom. The number of benzene rings is 1. The maximum absolute atomic E-state index is 5.42. The minimum Gasteiger partial charge on any atom is -0.493 e. The van der Waals surface area contributed by atoms with Crippen molar-refractivity contribution < 1.29 is 9.47 Å². The molecule has 0 aromatic heterocycles. The molecule has 0 amide bonds. The fourth-order valence-corrected chi connectivity index (χ4v) is 4.03. The largest absolute Gasteiger partial charge is 0.493 e. The summed E-state index contributed by atoms with van der Waals surface area (Å²) in [6.45, 7) is 10.9. The first-order valence-electron chi connectivity index (χ1n) is 11.5. The lowest BCUT2D eigenvalue weighted by atomic mass is 10.0. The van der Waals surface area contributed by atoms with Crippen molar-refractivity contribution in [1.29, 1.82) is 0 Å². The third-order valence-corrected chi connectivity index (χ3v) is 5.77. The van der Waals surface area contributed by atoms with Crippen molar-refractivity contribution in [2.75, 3.05) is 60.5 Å². The van der Waals surface area contributed by atoms with E-state index in [0.29, 0.717) is 0 Å². The van der Waals surface area contributed by atoms with E-state index in [9.17, 15) is 0 Å². The molecule has 0 saturated carbocycles. The summed E-state index contributed by atoms with van der Waals surface area (Å²) in [7, 11) is 5.45. The van der Waals surface area contributed by atoms with Crippen molar-refractivity contribution in [1.82, 2.24) is 15.1 Å². The van der Waals surface area contributed by atoms with E-state index in [1.54, 1.807) is 14.2 Å². The van der Waals surface area contributed by atoms with Gasteiger partial charge in [-0.2, -0.15) is 0 Å². The highest BCUT2D eigenvalue weighted by Crippen LogP contribution is 2.27. The third kappa shape index (κ3) is 9.85. The highest BCUT2D eigenvalue weighted by atomic mass is 127. The predicted octanol–water partition coefficient (Wildman–Crippen LogP) is 4.27. The summed E-state index contributed by atoms with van der Waals surface area (Å²) in [6, 6.07) is 6.12. The zero-order chi connectivity index (χ0) is 21.8. The van der Waals surface area contributed by atoms with Gasteiger partial charge in [-0.05, 0) is 75.7 Å². The number of unbranched alkanes of at least 4 members (excludes halogenated alkanes) is 1. The second kappa shape index (κ2) is 15.6. The molecule has 0 aliphatic carbocycles. The summed E-state index contributed by atoms with van der Waals surface area (Å²) in [4.78, 5) is 9.69. The number of hydrogen-bond acceptors (Lipinski definition) is 4.